The number of benzene rings is 2. The first kappa shape index (κ1) is 12.2. The summed E-state index contributed by atoms with van der Waals surface area (Å²) < 4.78 is 25.9. The van der Waals surface area contributed by atoms with Gasteiger partial charge in [0.15, 0.2) is 5.78 Å². The fraction of sp³-hybridized carbons (Fsp3) is 0.0714. The third kappa shape index (κ3) is 2.91. The van der Waals surface area contributed by atoms with E-state index in [2.05, 4.69) is 0 Å². The molecule has 0 aliphatic heterocycles. The molecule has 92 valence electrons. The average molecular weight is 247 g/mol. The Kier molecular flexibility index (Phi) is 3.37. The van der Waals surface area contributed by atoms with Crippen LogP contribution >= 0.6 is 0 Å². The SMILES string of the molecule is Nc1cccc(C(=O)Cc2cc(F)cc(F)c2)c1. The van der Waals surface area contributed by atoms with Gasteiger partial charge in [-0.25, -0.2) is 8.78 Å². The summed E-state index contributed by atoms with van der Waals surface area (Å²) in [7, 11) is 0. The molecule has 0 fully saturated rings. The third-order valence-corrected chi connectivity index (χ3v) is 2.50. The fourth-order valence-corrected chi connectivity index (χ4v) is 1.71. The number of Topliss-reactive ketones (excluding diaryl/α,β-unsaturated/α-hetero) is 1. The standard InChI is InChI=1S/C14H11F2NO/c15-11-4-9(5-12(16)8-11)6-14(18)10-2-1-3-13(17)7-10/h1-5,7-8H,6,17H2. The fourth-order valence-electron chi connectivity index (χ4n) is 1.71. The molecule has 0 aromatic heterocycles. The first-order chi connectivity index (χ1) is 8.54. The molecule has 2 nitrogen and oxygen atoms in total. The quantitative estimate of drug-likeness (QED) is 0.669. The van der Waals surface area contributed by atoms with Gasteiger partial charge in [0.1, 0.15) is 11.6 Å². The minimum Gasteiger partial charge on any atom is -0.399 e. The molecule has 18 heavy (non-hydrogen) atoms. The average Bonchev–Trinajstić information content (AvgIpc) is 2.27. The topological polar surface area (TPSA) is 43.1 Å². The van der Waals surface area contributed by atoms with E-state index in [-0.39, 0.29) is 12.2 Å². The maximum absolute atomic E-state index is 13.0. The minimum atomic E-state index is -0.689. The summed E-state index contributed by atoms with van der Waals surface area (Å²) in [5, 5.41) is 0. The molecular formula is C14H11F2NO. The lowest BCUT2D eigenvalue weighted by Gasteiger charge is -2.03. The first-order valence-corrected chi connectivity index (χ1v) is 5.38. The smallest absolute Gasteiger partial charge is 0.167 e. The van der Waals surface area contributed by atoms with Gasteiger partial charge in [-0.3, -0.25) is 4.79 Å². The van der Waals surface area contributed by atoms with Gasteiger partial charge in [-0.15, -0.1) is 0 Å². The van der Waals surface area contributed by atoms with Gasteiger partial charge >= 0.3 is 0 Å². The summed E-state index contributed by atoms with van der Waals surface area (Å²) in [5.41, 5.74) is 6.78. The van der Waals surface area contributed by atoms with Gasteiger partial charge in [0.25, 0.3) is 0 Å². The lowest BCUT2D eigenvalue weighted by Crippen LogP contribution is -2.04. The number of anilines is 1. The summed E-state index contributed by atoms with van der Waals surface area (Å²) in [6, 6.07) is 9.55. The van der Waals surface area contributed by atoms with Gasteiger partial charge in [0.05, 0.1) is 0 Å². The number of nitrogens with two attached hydrogens (primary N) is 1. The lowest BCUT2D eigenvalue weighted by atomic mass is 10.0. The van der Waals surface area contributed by atoms with Crippen molar-refractivity contribution >= 4 is 11.5 Å². The van der Waals surface area contributed by atoms with Crippen LogP contribution in [0.3, 0.4) is 0 Å². The normalized spacial score (nSPS) is 10.3. The number of ketones is 1. The molecule has 0 bridgehead atoms. The molecule has 2 N–H and O–H groups in total. The van der Waals surface area contributed by atoms with Gasteiger partial charge in [-0.1, -0.05) is 12.1 Å². The van der Waals surface area contributed by atoms with Crippen LogP contribution in [0.15, 0.2) is 42.5 Å². The van der Waals surface area contributed by atoms with Crippen LogP contribution in [-0.4, -0.2) is 5.78 Å². The second-order valence-electron chi connectivity index (χ2n) is 4.00. The molecule has 0 amide bonds. The maximum atomic E-state index is 13.0. The summed E-state index contributed by atoms with van der Waals surface area (Å²) >= 11 is 0. The molecular weight excluding hydrogens is 236 g/mol. The van der Waals surface area contributed by atoms with Crippen molar-refractivity contribution in [2.75, 3.05) is 5.73 Å². The number of carbonyl (C=O) groups excluding carboxylic acids is 1. The molecule has 0 aliphatic carbocycles. The maximum Gasteiger partial charge on any atom is 0.167 e. The number of rotatable bonds is 3. The van der Waals surface area contributed by atoms with Crippen molar-refractivity contribution in [3.8, 4) is 0 Å². The summed E-state index contributed by atoms with van der Waals surface area (Å²) in [6.45, 7) is 0. The van der Waals surface area contributed by atoms with E-state index in [4.69, 9.17) is 5.73 Å². The Hall–Kier alpha value is -2.23. The highest BCUT2D eigenvalue weighted by Crippen LogP contribution is 2.13. The third-order valence-electron chi connectivity index (χ3n) is 2.50. The lowest BCUT2D eigenvalue weighted by molar-refractivity contribution is 0.0993. The Morgan fingerprint density at radius 1 is 1.06 bits per heavy atom. The Morgan fingerprint density at radius 2 is 1.72 bits per heavy atom. The molecule has 4 heteroatoms. The minimum absolute atomic E-state index is 0.0574. The van der Waals surface area contributed by atoms with Gasteiger partial charge in [0.2, 0.25) is 0 Å². The zero-order valence-electron chi connectivity index (χ0n) is 9.49. The molecule has 0 saturated carbocycles. The highest BCUT2D eigenvalue weighted by Gasteiger charge is 2.09. The zero-order chi connectivity index (χ0) is 13.1. The van der Waals surface area contributed by atoms with Crippen LogP contribution in [0.2, 0.25) is 0 Å². The highest BCUT2D eigenvalue weighted by molar-refractivity contribution is 5.98. The Bertz CT molecular complexity index is 576. The molecule has 0 saturated heterocycles. The largest absolute Gasteiger partial charge is 0.399 e. The van der Waals surface area contributed by atoms with E-state index in [9.17, 15) is 13.6 Å². The van der Waals surface area contributed by atoms with Gasteiger partial charge in [-0.05, 0) is 29.8 Å². The summed E-state index contributed by atoms with van der Waals surface area (Å²) in [5.74, 6) is -1.61. The number of hydrogen-bond acceptors (Lipinski definition) is 2. The van der Waals surface area contributed by atoms with E-state index in [1.54, 1.807) is 18.2 Å². The Balaban J connectivity index is 2.21. The van der Waals surface area contributed by atoms with Crippen molar-refractivity contribution in [1.82, 2.24) is 0 Å². The van der Waals surface area contributed by atoms with Crippen LogP contribution in [0.5, 0.6) is 0 Å². The first-order valence-electron chi connectivity index (χ1n) is 5.38. The van der Waals surface area contributed by atoms with Crippen molar-refractivity contribution in [2.45, 2.75) is 6.42 Å². The Labute approximate surface area is 103 Å². The predicted octanol–water partition coefficient (Wildman–Crippen LogP) is 2.97. The summed E-state index contributed by atoms with van der Waals surface area (Å²) in [4.78, 5) is 11.9. The van der Waals surface area contributed by atoms with Crippen LogP contribution < -0.4 is 5.73 Å². The molecule has 0 spiro atoms. The van der Waals surface area contributed by atoms with Crippen molar-refractivity contribution in [3.63, 3.8) is 0 Å². The number of halogens is 2. The van der Waals surface area contributed by atoms with E-state index in [0.717, 1.165) is 18.2 Å². The van der Waals surface area contributed by atoms with Crippen LogP contribution in [0.1, 0.15) is 15.9 Å². The molecule has 2 aromatic rings. The highest BCUT2D eigenvalue weighted by atomic mass is 19.1. The van der Waals surface area contributed by atoms with Gasteiger partial charge in [0, 0.05) is 23.7 Å². The molecule has 2 aromatic carbocycles. The summed E-state index contributed by atoms with van der Waals surface area (Å²) in [6.07, 6.45) is -0.0574. The number of carbonyl (C=O) groups is 1. The second kappa shape index (κ2) is 4.96. The van der Waals surface area contributed by atoms with Crippen LogP contribution in [-0.2, 0) is 6.42 Å². The molecule has 2 rings (SSSR count). The molecule has 0 atom stereocenters. The van der Waals surface area contributed by atoms with E-state index in [1.807, 2.05) is 0 Å². The second-order valence-corrected chi connectivity index (χ2v) is 4.00. The van der Waals surface area contributed by atoms with E-state index < -0.39 is 11.6 Å². The van der Waals surface area contributed by atoms with Crippen molar-refractivity contribution in [1.29, 1.82) is 0 Å². The van der Waals surface area contributed by atoms with Gasteiger partial charge < -0.3 is 5.73 Å². The van der Waals surface area contributed by atoms with Crippen LogP contribution in [0.4, 0.5) is 14.5 Å². The van der Waals surface area contributed by atoms with Crippen LogP contribution in [0, 0.1) is 11.6 Å². The Morgan fingerprint density at radius 3 is 2.33 bits per heavy atom. The van der Waals surface area contributed by atoms with Gasteiger partial charge in [-0.2, -0.15) is 0 Å². The molecule has 0 unspecified atom stereocenters. The number of nitrogen functional groups attached to an aromatic ring is 1. The molecule has 0 heterocycles. The zero-order valence-corrected chi connectivity index (χ0v) is 9.49. The number of hydrogen-bond donors (Lipinski definition) is 1. The predicted molar refractivity (Wildman–Crippen MR) is 65.2 cm³/mol. The van der Waals surface area contributed by atoms with E-state index in [0.29, 0.717) is 16.8 Å². The van der Waals surface area contributed by atoms with Crippen molar-refractivity contribution < 1.29 is 13.6 Å². The molecule has 0 radical (unpaired) electrons. The monoisotopic (exact) mass is 247 g/mol. The van der Waals surface area contributed by atoms with Crippen molar-refractivity contribution in [2.24, 2.45) is 0 Å². The van der Waals surface area contributed by atoms with Crippen molar-refractivity contribution in [3.05, 3.63) is 65.2 Å². The van der Waals surface area contributed by atoms with E-state index >= 15 is 0 Å². The van der Waals surface area contributed by atoms with E-state index in [1.165, 1.54) is 6.07 Å². The van der Waals surface area contributed by atoms with Crippen LogP contribution in [0.25, 0.3) is 0 Å². The molecule has 0 aliphatic rings.